The first-order valence-corrected chi connectivity index (χ1v) is 7.93. The Balaban J connectivity index is 1.70. The van der Waals surface area contributed by atoms with Crippen molar-refractivity contribution in [3.8, 4) is 11.9 Å². The van der Waals surface area contributed by atoms with Crippen molar-refractivity contribution in [1.29, 1.82) is 5.26 Å². The number of ether oxygens (including phenoxy) is 1. The molecule has 1 atom stereocenters. The standard InChI is InChI=1S/C18H19FN4O/c1-13-11-21-7-8-23(13)17-3-2-4-18(22-17)24-12-15-6-5-14(10-20)9-16(15)19/h2-6,9,13,21H,7-8,11-12H2,1H3. The number of anilines is 1. The van der Waals surface area contributed by atoms with Gasteiger partial charge < -0.3 is 15.0 Å². The van der Waals surface area contributed by atoms with E-state index in [4.69, 9.17) is 10.00 Å². The number of pyridine rings is 1. The van der Waals surface area contributed by atoms with Crippen molar-refractivity contribution in [2.75, 3.05) is 24.5 Å². The topological polar surface area (TPSA) is 61.2 Å². The molecule has 0 spiro atoms. The predicted octanol–water partition coefficient (Wildman–Crippen LogP) is 2.47. The Kier molecular flexibility index (Phi) is 4.92. The maximum atomic E-state index is 13.9. The lowest BCUT2D eigenvalue weighted by Gasteiger charge is -2.34. The van der Waals surface area contributed by atoms with Crippen LogP contribution in [0.15, 0.2) is 36.4 Å². The van der Waals surface area contributed by atoms with Gasteiger partial charge in [-0.2, -0.15) is 10.2 Å². The van der Waals surface area contributed by atoms with Gasteiger partial charge in [0.1, 0.15) is 18.2 Å². The molecule has 0 aliphatic carbocycles. The van der Waals surface area contributed by atoms with Gasteiger partial charge in [0.15, 0.2) is 0 Å². The van der Waals surface area contributed by atoms with Gasteiger partial charge in [-0.1, -0.05) is 12.1 Å². The van der Waals surface area contributed by atoms with Gasteiger partial charge in [0.2, 0.25) is 5.88 Å². The fourth-order valence-corrected chi connectivity index (χ4v) is 2.71. The molecule has 1 saturated heterocycles. The van der Waals surface area contributed by atoms with Crippen LogP contribution in [0, 0.1) is 17.1 Å². The van der Waals surface area contributed by atoms with Gasteiger partial charge in [0.25, 0.3) is 0 Å². The highest BCUT2D eigenvalue weighted by Crippen LogP contribution is 2.20. The lowest BCUT2D eigenvalue weighted by molar-refractivity contribution is 0.288. The minimum Gasteiger partial charge on any atom is -0.473 e. The van der Waals surface area contributed by atoms with Crippen molar-refractivity contribution < 1.29 is 9.13 Å². The zero-order chi connectivity index (χ0) is 16.9. The molecule has 0 amide bonds. The molecule has 3 rings (SSSR count). The van der Waals surface area contributed by atoms with E-state index in [1.165, 1.54) is 6.07 Å². The van der Waals surface area contributed by atoms with Crippen molar-refractivity contribution in [1.82, 2.24) is 10.3 Å². The van der Waals surface area contributed by atoms with Crippen LogP contribution >= 0.6 is 0 Å². The molecule has 2 heterocycles. The Bertz CT molecular complexity index is 759. The highest BCUT2D eigenvalue weighted by molar-refractivity contribution is 5.42. The number of aromatic nitrogens is 1. The van der Waals surface area contributed by atoms with E-state index in [2.05, 4.69) is 22.1 Å². The summed E-state index contributed by atoms with van der Waals surface area (Å²) in [7, 11) is 0. The SMILES string of the molecule is CC1CNCCN1c1cccc(OCc2ccc(C#N)cc2F)n1. The minimum atomic E-state index is -0.444. The van der Waals surface area contributed by atoms with E-state index in [0.29, 0.717) is 23.0 Å². The van der Waals surface area contributed by atoms with Gasteiger partial charge in [0, 0.05) is 37.3 Å². The van der Waals surface area contributed by atoms with Crippen LogP contribution in [0.4, 0.5) is 10.2 Å². The van der Waals surface area contributed by atoms with E-state index in [1.807, 2.05) is 18.2 Å². The lowest BCUT2D eigenvalue weighted by atomic mass is 10.1. The molecular weight excluding hydrogens is 307 g/mol. The predicted molar refractivity (Wildman–Crippen MR) is 89.4 cm³/mol. The van der Waals surface area contributed by atoms with Gasteiger partial charge in [0.05, 0.1) is 11.6 Å². The minimum absolute atomic E-state index is 0.0745. The van der Waals surface area contributed by atoms with Crippen LogP contribution in [0.3, 0.4) is 0 Å². The fraction of sp³-hybridized carbons (Fsp3) is 0.333. The Morgan fingerprint density at radius 2 is 2.29 bits per heavy atom. The van der Waals surface area contributed by atoms with E-state index < -0.39 is 5.82 Å². The average molecular weight is 326 g/mol. The zero-order valence-corrected chi connectivity index (χ0v) is 13.5. The van der Waals surface area contributed by atoms with Crippen LogP contribution in [0.2, 0.25) is 0 Å². The van der Waals surface area contributed by atoms with Crippen LogP contribution in [-0.2, 0) is 6.61 Å². The molecule has 124 valence electrons. The molecule has 0 saturated carbocycles. The molecule has 1 fully saturated rings. The summed E-state index contributed by atoms with van der Waals surface area (Å²) in [5, 5.41) is 12.1. The van der Waals surface area contributed by atoms with Gasteiger partial charge in [-0.05, 0) is 25.1 Å². The summed E-state index contributed by atoms with van der Waals surface area (Å²) in [4.78, 5) is 6.75. The number of nitriles is 1. The molecule has 6 heteroatoms. The quantitative estimate of drug-likeness (QED) is 0.935. The molecular formula is C18H19FN4O. The Morgan fingerprint density at radius 3 is 3.04 bits per heavy atom. The number of piperazine rings is 1. The molecule has 1 unspecified atom stereocenters. The first-order chi connectivity index (χ1) is 11.7. The maximum Gasteiger partial charge on any atom is 0.215 e. The summed E-state index contributed by atoms with van der Waals surface area (Å²) in [6.45, 7) is 4.96. The molecule has 2 aromatic rings. The Morgan fingerprint density at radius 1 is 1.42 bits per heavy atom. The lowest BCUT2D eigenvalue weighted by Crippen LogP contribution is -2.50. The summed E-state index contributed by atoms with van der Waals surface area (Å²) < 4.78 is 19.5. The molecule has 0 radical (unpaired) electrons. The first kappa shape index (κ1) is 16.2. The molecule has 24 heavy (non-hydrogen) atoms. The van der Waals surface area contributed by atoms with Crippen molar-refractivity contribution >= 4 is 5.82 Å². The number of halogens is 1. The van der Waals surface area contributed by atoms with Crippen molar-refractivity contribution in [2.45, 2.75) is 19.6 Å². The maximum absolute atomic E-state index is 13.9. The third-order valence-electron chi connectivity index (χ3n) is 4.06. The average Bonchev–Trinajstić information content (AvgIpc) is 2.61. The van der Waals surface area contributed by atoms with Gasteiger partial charge in [-0.25, -0.2) is 4.39 Å². The highest BCUT2D eigenvalue weighted by Gasteiger charge is 2.19. The first-order valence-electron chi connectivity index (χ1n) is 7.93. The van der Waals surface area contributed by atoms with Crippen molar-refractivity contribution in [2.24, 2.45) is 0 Å². The zero-order valence-electron chi connectivity index (χ0n) is 13.5. The van der Waals surface area contributed by atoms with E-state index in [9.17, 15) is 4.39 Å². The van der Waals surface area contributed by atoms with Crippen LogP contribution in [0.5, 0.6) is 5.88 Å². The van der Waals surface area contributed by atoms with E-state index in [0.717, 1.165) is 25.5 Å². The van der Waals surface area contributed by atoms with E-state index in [1.54, 1.807) is 18.2 Å². The smallest absolute Gasteiger partial charge is 0.215 e. The van der Waals surface area contributed by atoms with Crippen LogP contribution in [0.25, 0.3) is 0 Å². The van der Waals surface area contributed by atoms with Crippen molar-refractivity contribution in [3.63, 3.8) is 0 Å². The number of nitrogens with one attached hydrogen (secondary N) is 1. The molecule has 5 nitrogen and oxygen atoms in total. The number of hydrogen-bond acceptors (Lipinski definition) is 5. The van der Waals surface area contributed by atoms with Crippen LogP contribution < -0.4 is 15.0 Å². The monoisotopic (exact) mass is 326 g/mol. The number of nitrogens with zero attached hydrogens (tertiary/aromatic N) is 3. The molecule has 1 aliphatic heterocycles. The molecule has 1 aromatic carbocycles. The normalized spacial score (nSPS) is 17.4. The Labute approximate surface area is 140 Å². The second-order valence-corrected chi connectivity index (χ2v) is 5.79. The van der Waals surface area contributed by atoms with E-state index in [-0.39, 0.29) is 6.61 Å². The fourth-order valence-electron chi connectivity index (χ4n) is 2.71. The van der Waals surface area contributed by atoms with Gasteiger partial charge >= 0.3 is 0 Å². The Hall–Kier alpha value is -2.65. The third kappa shape index (κ3) is 3.63. The second-order valence-electron chi connectivity index (χ2n) is 5.79. The van der Waals surface area contributed by atoms with Crippen LogP contribution in [-0.4, -0.2) is 30.7 Å². The largest absolute Gasteiger partial charge is 0.473 e. The molecule has 1 aromatic heterocycles. The summed E-state index contributed by atoms with van der Waals surface area (Å²) >= 11 is 0. The number of hydrogen-bond donors (Lipinski definition) is 1. The molecule has 0 bridgehead atoms. The summed E-state index contributed by atoms with van der Waals surface area (Å²) in [5.41, 5.74) is 0.695. The second kappa shape index (κ2) is 7.28. The summed E-state index contributed by atoms with van der Waals surface area (Å²) in [5.74, 6) is 0.879. The number of benzene rings is 1. The van der Waals surface area contributed by atoms with Crippen molar-refractivity contribution in [3.05, 3.63) is 53.3 Å². The van der Waals surface area contributed by atoms with Crippen LogP contribution in [0.1, 0.15) is 18.1 Å². The van der Waals surface area contributed by atoms with Gasteiger partial charge in [-0.3, -0.25) is 0 Å². The third-order valence-corrected chi connectivity index (χ3v) is 4.06. The molecule has 1 aliphatic rings. The van der Waals surface area contributed by atoms with Gasteiger partial charge in [-0.15, -0.1) is 0 Å². The summed E-state index contributed by atoms with van der Waals surface area (Å²) in [6, 6.07) is 12.2. The highest BCUT2D eigenvalue weighted by atomic mass is 19.1. The van der Waals surface area contributed by atoms with E-state index >= 15 is 0 Å². The summed E-state index contributed by atoms with van der Waals surface area (Å²) in [6.07, 6.45) is 0. The molecule has 1 N–H and O–H groups in total. The number of rotatable bonds is 4.